The maximum Gasteiger partial charge on any atom is 0.270 e. The highest BCUT2D eigenvalue weighted by atomic mass is 16.6. The molecule has 0 heterocycles. The number of non-ortho nitro benzene ring substituents is 2. The molecule has 0 saturated heterocycles. The van der Waals surface area contributed by atoms with Crippen molar-refractivity contribution < 1.29 is 20.1 Å². The molecular formula is C36H38N4O6. The van der Waals surface area contributed by atoms with E-state index in [2.05, 4.69) is 0 Å². The molecule has 0 aromatic heterocycles. The first-order valence-corrected chi connectivity index (χ1v) is 14.8. The summed E-state index contributed by atoms with van der Waals surface area (Å²) in [5.41, 5.74) is 1.21. The Morgan fingerprint density at radius 1 is 0.609 bits per heavy atom. The predicted octanol–water partition coefficient (Wildman–Crippen LogP) is 8.53. The van der Waals surface area contributed by atoms with Gasteiger partial charge in [0.05, 0.1) is 9.85 Å². The summed E-state index contributed by atoms with van der Waals surface area (Å²) >= 11 is 0. The van der Waals surface area contributed by atoms with Gasteiger partial charge in [0.1, 0.15) is 23.6 Å². The third kappa shape index (κ3) is 7.63. The second-order valence-corrected chi connectivity index (χ2v) is 13.1. The number of aromatic hydroxyl groups is 2. The Morgan fingerprint density at radius 3 is 1.22 bits per heavy atom. The first-order chi connectivity index (χ1) is 21.6. The predicted molar refractivity (Wildman–Crippen MR) is 180 cm³/mol. The second-order valence-electron chi connectivity index (χ2n) is 13.1. The number of hydrogen-bond acceptors (Lipinski definition) is 8. The van der Waals surface area contributed by atoms with E-state index in [1.54, 1.807) is 0 Å². The Labute approximate surface area is 268 Å². The van der Waals surface area contributed by atoms with Crippen molar-refractivity contribution in [2.75, 3.05) is 0 Å². The molecular weight excluding hydrogens is 584 g/mol. The summed E-state index contributed by atoms with van der Waals surface area (Å²) in [6.45, 7) is 11.1. The van der Waals surface area contributed by atoms with Crippen molar-refractivity contribution >= 4 is 23.8 Å². The summed E-state index contributed by atoms with van der Waals surface area (Å²) in [5.74, 6) is -0.214. The van der Waals surface area contributed by atoms with Crippen LogP contribution < -0.4 is 0 Å². The largest absolute Gasteiger partial charge is 0.507 e. The van der Waals surface area contributed by atoms with E-state index in [1.165, 1.54) is 36.7 Å². The molecule has 4 aromatic carbocycles. The van der Waals surface area contributed by atoms with Crippen molar-refractivity contribution in [1.82, 2.24) is 0 Å². The van der Waals surface area contributed by atoms with Crippen molar-refractivity contribution in [3.8, 4) is 11.5 Å². The number of nitro groups is 2. The molecule has 2 atom stereocenters. The summed E-state index contributed by atoms with van der Waals surface area (Å²) in [4.78, 5) is 32.3. The lowest BCUT2D eigenvalue weighted by Crippen LogP contribution is -2.13. The molecule has 2 N–H and O–H groups in total. The molecule has 0 aliphatic heterocycles. The number of phenolic OH excluding ortho intramolecular Hbond substituents is 2. The van der Waals surface area contributed by atoms with E-state index in [-0.39, 0.29) is 34.0 Å². The monoisotopic (exact) mass is 622 g/mol. The molecule has 10 heteroatoms. The third-order valence-corrected chi connectivity index (χ3v) is 7.62. The minimum absolute atomic E-state index is 0.107. The number of nitro benzene ring substituents is 2. The molecule has 0 amide bonds. The number of phenols is 2. The summed E-state index contributed by atoms with van der Waals surface area (Å²) < 4.78 is 0. The van der Waals surface area contributed by atoms with Gasteiger partial charge in [-0.15, -0.1) is 0 Å². The van der Waals surface area contributed by atoms with E-state index < -0.39 is 32.8 Å². The van der Waals surface area contributed by atoms with Gasteiger partial charge in [-0.25, -0.2) is 0 Å². The Bertz CT molecular complexity index is 1660. The fourth-order valence-corrected chi connectivity index (χ4v) is 5.15. The van der Waals surface area contributed by atoms with Crippen LogP contribution in [0.15, 0.2) is 94.9 Å². The minimum atomic E-state index is -0.695. The molecule has 0 radical (unpaired) electrons. The highest BCUT2D eigenvalue weighted by molar-refractivity contribution is 5.87. The standard InChI is InChI=1S/C36H38N4O6/c1-35(2,3)29-19-27(39(43)44)17-25(33(29)41)21-37-31(23-13-9-7-10-14-23)32(24-15-11-8-12-16-24)38-22-26-18-28(40(45)46)20-30(34(26)42)36(4,5)6/h7-22,31-32,41-42H,1-6H3. The van der Waals surface area contributed by atoms with Crippen LogP contribution in [0.4, 0.5) is 11.4 Å². The Morgan fingerprint density at radius 2 is 0.935 bits per heavy atom. The minimum Gasteiger partial charge on any atom is -0.507 e. The second kappa shape index (κ2) is 13.3. The van der Waals surface area contributed by atoms with Crippen molar-refractivity contribution in [2.24, 2.45) is 9.98 Å². The van der Waals surface area contributed by atoms with Crippen LogP contribution in [0.25, 0.3) is 0 Å². The van der Waals surface area contributed by atoms with Crippen LogP contribution in [0.5, 0.6) is 11.5 Å². The molecule has 0 saturated carbocycles. The molecule has 0 aliphatic rings. The third-order valence-electron chi connectivity index (χ3n) is 7.62. The fourth-order valence-electron chi connectivity index (χ4n) is 5.15. The maximum absolute atomic E-state index is 11.8. The van der Waals surface area contributed by atoms with E-state index in [9.17, 15) is 30.4 Å². The van der Waals surface area contributed by atoms with Gasteiger partial charge in [0, 0.05) is 58.9 Å². The highest BCUT2D eigenvalue weighted by Crippen LogP contribution is 2.40. The average molecular weight is 623 g/mol. The molecule has 0 fully saturated rings. The molecule has 10 nitrogen and oxygen atoms in total. The van der Waals surface area contributed by atoms with Gasteiger partial charge >= 0.3 is 0 Å². The van der Waals surface area contributed by atoms with E-state index in [1.807, 2.05) is 102 Å². The zero-order valence-corrected chi connectivity index (χ0v) is 26.7. The lowest BCUT2D eigenvalue weighted by Gasteiger charge is -2.23. The number of hydrogen-bond donors (Lipinski definition) is 2. The summed E-state index contributed by atoms with van der Waals surface area (Å²) in [6, 6.07) is 22.6. The fraction of sp³-hybridized carbons (Fsp3) is 0.278. The van der Waals surface area contributed by atoms with Crippen LogP contribution in [0.2, 0.25) is 0 Å². The van der Waals surface area contributed by atoms with Crippen molar-refractivity contribution in [2.45, 2.75) is 64.5 Å². The zero-order valence-electron chi connectivity index (χ0n) is 26.7. The van der Waals surface area contributed by atoms with Gasteiger partial charge < -0.3 is 10.2 Å². The summed E-state index contributed by atoms with van der Waals surface area (Å²) in [7, 11) is 0. The van der Waals surface area contributed by atoms with Gasteiger partial charge in [-0.1, -0.05) is 102 Å². The highest BCUT2D eigenvalue weighted by Gasteiger charge is 2.28. The SMILES string of the molecule is CC(C)(C)c1cc([N+](=O)[O-])cc(C=NC(c2ccccc2)C(N=Cc2cc([N+](=O)[O-])cc(C(C)(C)C)c2O)c2ccccc2)c1O. The summed E-state index contributed by atoms with van der Waals surface area (Å²) in [6.07, 6.45) is 2.84. The quantitative estimate of drug-likeness (QED) is 0.108. The normalized spacial score (nSPS) is 13.6. The zero-order chi connectivity index (χ0) is 33.8. The first-order valence-electron chi connectivity index (χ1n) is 14.8. The van der Waals surface area contributed by atoms with Gasteiger partial charge in [-0.3, -0.25) is 30.2 Å². The Kier molecular flexibility index (Phi) is 9.70. The van der Waals surface area contributed by atoms with Gasteiger partial charge in [0.2, 0.25) is 0 Å². The van der Waals surface area contributed by atoms with Gasteiger partial charge in [-0.05, 0) is 22.0 Å². The number of benzene rings is 4. The Balaban J connectivity index is 1.93. The van der Waals surface area contributed by atoms with E-state index >= 15 is 0 Å². The van der Waals surface area contributed by atoms with Crippen LogP contribution >= 0.6 is 0 Å². The van der Waals surface area contributed by atoms with Gasteiger partial charge in [0.15, 0.2) is 0 Å². The van der Waals surface area contributed by atoms with Crippen LogP contribution in [0.3, 0.4) is 0 Å². The maximum atomic E-state index is 11.8. The molecule has 0 spiro atoms. The average Bonchev–Trinajstić information content (AvgIpc) is 2.99. The molecule has 0 bridgehead atoms. The lowest BCUT2D eigenvalue weighted by molar-refractivity contribution is -0.385. The van der Waals surface area contributed by atoms with Crippen molar-refractivity contribution in [3.05, 3.63) is 139 Å². The number of nitrogens with zero attached hydrogens (tertiary/aromatic N) is 4. The molecule has 46 heavy (non-hydrogen) atoms. The molecule has 4 rings (SSSR count). The number of aliphatic imine (C=N–C) groups is 2. The summed E-state index contributed by atoms with van der Waals surface area (Å²) in [5, 5.41) is 46.0. The molecule has 238 valence electrons. The van der Waals surface area contributed by atoms with Crippen LogP contribution in [-0.4, -0.2) is 32.5 Å². The van der Waals surface area contributed by atoms with Crippen molar-refractivity contribution in [3.63, 3.8) is 0 Å². The van der Waals surface area contributed by atoms with Crippen LogP contribution in [0.1, 0.15) is 87.0 Å². The van der Waals surface area contributed by atoms with E-state index in [0.717, 1.165) is 11.1 Å². The first kappa shape index (κ1) is 33.5. The van der Waals surface area contributed by atoms with Gasteiger partial charge in [-0.2, -0.15) is 0 Å². The lowest BCUT2D eigenvalue weighted by atomic mass is 9.85. The Hall–Kier alpha value is -5.38. The van der Waals surface area contributed by atoms with E-state index in [0.29, 0.717) is 11.1 Å². The van der Waals surface area contributed by atoms with Crippen molar-refractivity contribution in [1.29, 1.82) is 0 Å². The van der Waals surface area contributed by atoms with E-state index in [4.69, 9.17) is 9.98 Å². The van der Waals surface area contributed by atoms with Crippen LogP contribution in [-0.2, 0) is 10.8 Å². The molecule has 0 aliphatic carbocycles. The molecule has 2 unspecified atom stereocenters. The number of rotatable bonds is 9. The molecule has 4 aromatic rings. The van der Waals surface area contributed by atoms with Gasteiger partial charge in [0.25, 0.3) is 11.4 Å². The topological polar surface area (TPSA) is 151 Å². The smallest absolute Gasteiger partial charge is 0.270 e. The van der Waals surface area contributed by atoms with Crippen LogP contribution in [0, 0.1) is 20.2 Å².